The Bertz CT molecular complexity index is 534. The number of nitrogens with two attached hydrogens (primary N) is 2. The summed E-state index contributed by atoms with van der Waals surface area (Å²) in [5, 5.41) is 14.4. The molecule has 7 heteroatoms. The van der Waals surface area contributed by atoms with Crippen molar-refractivity contribution in [2.24, 2.45) is 10.2 Å². The van der Waals surface area contributed by atoms with Gasteiger partial charge in [-0.1, -0.05) is 0 Å². The van der Waals surface area contributed by atoms with Crippen LogP contribution in [0.2, 0.25) is 0 Å². The van der Waals surface area contributed by atoms with Gasteiger partial charge in [0.05, 0.1) is 24.7 Å². The van der Waals surface area contributed by atoms with Gasteiger partial charge in [0.1, 0.15) is 5.69 Å². The number of nitrogens with zero attached hydrogens (tertiary/aromatic N) is 3. The quantitative estimate of drug-likeness (QED) is 0.554. The first-order valence-electron chi connectivity index (χ1n) is 4.85. The second-order valence-corrected chi connectivity index (χ2v) is 3.26. The van der Waals surface area contributed by atoms with Crippen LogP contribution in [0.15, 0.2) is 34.6 Å². The highest BCUT2D eigenvalue weighted by Gasteiger charge is 2.09. The highest BCUT2D eigenvalue weighted by molar-refractivity contribution is 5.78. The van der Waals surface area contributed by atoms with E-state index in [-0.39, 0.29) is 0 Å². The van der Waals surface area contributed by atoms with E-state index in [9.17, 15) is 0 Å². The molecule has 0 unspecified atom stereocenters. The van der Waals surface area contributed by atoms with Gasteiger partial charge in [0.2, 0.25) is 0 Å². The minimum absolute atomic E-state index is 0.355. The standard InChI is InChI=1S/C10H12N6O/c1-17-10-7(3-2-6(11)9(10)12)14-16-8-4-5-13-15-8/h2-5H,11-12H2,1H3,(H,13,15). The summed E-state index contributed by atoms with van der Waals surface area (Å²) in [7, 11) is 1.50. The van der Waals surface area contributed by atoms with Gasteiger partial charge in [-0.15, -0.1) is 10.2 Å². The van der Waals surface area contributed by atoms with Gasteiger partial charge >= 0.3 is 0 Å². The molecule has 1 aromatic carbocycles. The zero-order valence-electron chi connectivity index (χ0n) is 9.21. The third-order valence-electron chi connectivity index (χ3n) is 2.16. The number of benzene rings is 1. The number of hydrogen-bond acceptors (Lipinski definition) is 6. The number of nitrogens with one attached hydrogen (secondary N) is 1. The number of anilines is 2. The number of rotatable bonds is 3. The number of aromatic amines is 1. The smallest absolute Gasteiger partial charge is 0.171 e. The van der Waals surface area contributed by atoms with Gasteiger partial charge in [-0.3, -0.25) is 5.10 Å². The van der Waals surface area contributed by atoms with Gasteiger partial charge in [-0.05, 0) is 12.1 Å². The van der Waals surface area contributed by atoms with E-state index in [2.05, 4.69) is 20.4 Å². The van der Waals surface area contributed by atoms with Gasteiger partial charge in [0, 0.05) is 6.07 Å². The topological polar surface area (TPSA) is 115 Å². The molecule has 0 spiro atoms. The average molecular weight is 232 g/mol. The van der Waals surface area contributed by atoms with Crippen molar-refractivity contribution in [3.05, 3.63) is 24.4 Å². The maximum atomic E-state index is 5.77. The predicted molar refractivity (Wildman–Crippen MR) is 64.6 cm³/mol. The molecule has 2 aromatic rings. The Morgan fingerprint density at radius 2 is 2.06 bits per heavy atom. The van der Waals surface area contributed by atoms with Crippen molar-refractivity contribution in [2.45, 2.75) is 0 Å². The molecule has 0 radical (unpaired) electrons. The lowest BCUT2D eigenvalue weighted by atomic mass is 10.2. The Morgan fingerprint density at radius 3 is 2.71 bits per heavy atom. The van der Waals surface area contributed by atoms with Crippen LogP contribution in [0.1, 0.15) is 0 Å². The van der Waals surface area contributed by atoms with Crippen LogP contribution in [0.3, 0.4) is 0 Å². The van der Waals surface area contributed by atoms with Crippen LogP contribution in [-0.4, -0.2) is 17.3 Å². The van der Waals surface area contributed by atoms with Crippen molar-refractivity contribution in [2.75, 3.05) is 18.6 Å². The molecule has 1 aromatic heterocycles. The lowest BCUT2D eigenvalue weighted by Crippen LogP contribution is -1.97. The molecule has 0 saturated carbocycles. The summed E-state index contributed by atoms with van der Waals surface area (Å²) in [4.78, 5) is 0. The summed E-state index contributed by atoms with van der Waals surface area (Å²) in [6, 6.07) is 5.03. The number of nitrogen functional groups attached to an aromatic ring is 2. The van der Waals surface area contributed by atoms with Crippen LogP contribution in [-0.2, 0) is 0 Å². The highest BCUT2D eigenvalue weighted by Crippen LogP contribution is 2.37. The third-order valence-corrected chi connectivity index (χ3v) is 2.16. The zero-order chi connectivity index (χ0) is 12.3. The minimum atomic E-state index is 0.355. The van der Waals surface area contributed by atoms with E-state index < -0.39 is 0 Å². The van der Waals surface area contributed by atoms with Crippen molar-refractivity contribution in [3.8, 4) is 5.75 Å². The molecule has 5 N–H and O–H groups in total. The molecular weight excluding hydrogens is 220 g/mol. The zero-order valence-corrected chi connectivity index (χ0v) is 9.21. The summed E-state index contributed by atoms with van der Waals surface area (Å²) in [6.07, 6.45) is 1.59. The molecule has 0 fully saturated rings. The minimum Gasteiger partial charge on any atom is -0.492 e. The monoisotopic (exact) mass is 232 g/mol. The van der Waals surface area contributed by atoms with Gasteiger partial charge in [-0.2, -0.15) is 5.10 Å². The molecule has 0 bridgehead atoms. The highest BCUT2D eigenvalue weighted by atomic mass is 16.5. The molecule has 0 saturated heterocycles. The molecule has 0 aliphatic heterocycles. The Balaban J connectivity index is 2.36. The van der Waals surface area contributed by atoms with E-state index in [1.165, 1.54) is 7.11 Å². The maximum Gasteiger partial charge on any atom is 0.171 e. The maximum absolute atomic E-state index is 5.77. The fourth-order valence-corrected chi connectivity index (χ4v) is 1.31. The second kappa shape index (κ2) is 4.52. The number of H-pyrrole nitrogens is 1. The summed E-state index contributed by atoms with van der Waals surface area (Å²) >= 11 is 0. The van der Waals surface area contributed by atoms with Crippen LogP contribution < -0.4 is 16.2 Å². The first-order valence-corrected chi connectivity index (χ1v) is 4.85. The van der Waals surface area contributed by atoms with E-state index in [1.807, 2.05) is 0 Å². The van der Waals surface area contributed by atoms with Gasteiger partial charge in [-0.25, -0.2) is 0 Å². The van der Waals surface area contributed by atoms with Crippen molar-refractivity contribution in [1.82, 2.24) is 10.2 Å². The van der Waals surface area contributed by atoms with E-state index in [4.69, 9.17) is 16.2 Å². The largest absolute Gasteiger partial charge is 0.492 e. The fraction of sp³-hybridized carbons (Fsp3) is 0.100. The number of hydrogen-bond donors (Lipinski definition) is 3. The van der Waals surface area contributed by atoms with Crippen molar-refractivity contribution in [1.29, 1.82) is 0 Å². The van der Waals surface area contributed by atoms with Crippen molar-refractivity contribution in [3.63, 3.8) is 0 Å². The third kappa shape index (κ3) is 2.17. The lowest BCUT2D eigenvalue weighted by Gasteiger charge is -2.08. The molecule has 1 heterocycles. The Hall–Kier alpha value is -2.57. The summed E-state index contributed by atoms with van der Waals surface area (Å²) < 4.78 is 5.14. The van der Waals surface area contributed by atoms with Crippen molar-refractivity contribution < 1.29 is 4.74 Å². The van der Waals surface area contributed by atoms with E-state index in [1.54, 1.807) is 24.4 Å². The van der Waals surface area contributed by atoms with E-state index in [0.717, 1.165) is 0 Å². The molecule has 0 atom stereocenters. The first-order chi connectivity index (χ1) is 8.22. The number of ether oxygens (including phenoxy) is 1. The Morgan fingerprint density at radius 1 is 1.24 bits per heavy atom. The molecule has 7 nitrogen and oxygen atoms in total. The summed E-state index contributed by atoms with van der Waals surface area (Å²) in [5.74, 6) is 0.954. The normalized spacial score (nSPS) is 10.9. The second-order valence-electron chi connectivity index (χ2n) is 3.26. The molecule has 17 heavy (non-hydrogen) atoms. The van der Waals surface area contributed by atoms with Crippen molar-refractivity contribution >= 4 is 22.9 Å². The molecule has 2 rings (SSSR count). The van der Waals surface area contributed by atoms with Gasteiger partial charge in [0.15, 0.2) is 11.6 Å². The Labute approximate surface area is 97.5 Å². The average Bonchev–Trinajstić information content (AvgIpc) is 2.83. The van der Waals surface area contributed by atoms with Gasteiger partial charge in [0.25, 0.3) is 0 Å². The molecular formula is C10H12N6O. The van der Waals surface area contributed by atoms with Crippen LogP contribution in [0.4, 0.5) is 22.9 Å². The number of methoxy groups -OCH3 is 1. The predicted octanol–water partition coefficient (Wildman–Crippen LogP) is 2.00. The van der Waals surface area contributed by atoms with Crippen LogP contribution in [0.5, 0.6) is 5.75 Å². The molecule has 88 valence electrons. The molecule has 0 aliphatic rings. The van der Waals surface area contributed by atoms with E-state index in [0.29, 0.717) is 28.6 Å². The SMILES string of the molecule is COc1c(N=Nc2ccn[nH]2)ccc(N)c1N. The molecule has 0 aliphatic carbocycles. The Kier molecular flexibility index (Phi) is 2.91. The molecule has 0 amide bonds. The lowest BCUT2D eigenvalue weighted by molar-refractivity contribution is 0.418. The number of azo groups is 1. The summed E-state index contributed by atoms with van der Waals surface area (Å²) in [5.41, 5.74) is 12.7. The fourth-order valence-electron chi connectivity index (χ4n) is 1.31. The summed E-state index contributed by atoms with van der Waals surface area (Å²) in [6.45, 7) is 0. The number of aromatic nitrogens is 2. The first kappa shape index (κ1) is 10.9. The van der Waals surface area contributed by atoms with Crippen LogP contribution in [0.25, 0.3) is 0 Å². The van der Waals surface area contributed by atoms with Crippen LogP contribution in [0, 0.1) is 0 Å². The van der Waals surface area contributed by atoms with Gasteiger partial charge < -0.3 is 16.2 Å². The van der Waals surface area contributed by atoms with Crippen LogP contribution >= 0.6 is 0 Å². The van der Waals surface area contributed by atoms with E-state index >= 15 is 0 Å².